The number of carbonyl (C=O) groups excluding carboxylic acids is 2. The SMILES string of the molecule is CC(=O)Nc1ccc(OCOc2ccc(NC(C)=O)cc2[N+](=O)[O-])c([N+](=O)[O-])c1. The molecule has 0 unspecified atom stereocenters. The summed E-state index contributed by atoms with van der Waals surface area (Å²) in [6.07, 6.45) is 0. The highest BCUT2D eigenvalue weighted by atomic mass is 16.7. The third-order valence-electron chi connectivity index (χ3n) is 3.38. The summed E-state index contributed by atoms with van der Waals surface area (Å²) < 4.78 is 10.4. The van der Waals surface area contributed by atoms with E-state index in [0.717, 1.165) is 12.1 Å². The third-order valence-corrected chi connectivity index (χ3v) is 3.38. The molecule has 0 aliphatic heterocycles. The summed E-state index contributed by atoms with van der Waals surface area (Å²) in [5.74, 6) is -1.10. The molecule has 0 heterocycles. The van der Waals surface area contributed by atoms with Gasteiger partial charge < -0.3 is 20.1 Å². The van der Waals surface area contributed by atoms with Crippen molar-refractivity contribution in [2.45, 2.75) is 13.8 Å². The van der Waals surface area contributed by atoms with Crippen molar-refractivity contribution in [1.82, 2.24) is 0 Å². The molecule has 0 fully saturated rings. The van der Waals surface area contributed by atoms with Gasteiger partial charge in [0.15, 0.2) is 0 Å². The molecule has 0 saturated carbocycles. The molecule has 0 atom stereocenters. The van der Waals surface area contributed by atoms with Crippen molar-refractivity contribution in [3.05, 3.63) is 56.6 Å². The van der Waals surface area contributed by atoms with Crippen LogP contribution in [0.1, 0.15) is 13.8 Å². The molecule has 2 amide bonds. The van der Waals surface area contributed by atoms with Gasteiger partial charge in [0.05, 0.1) is 9.85 Å². The van der Waals surface area contributed by atoms with Gasteiger partial charge >= 0.3 is 11.4 Å². The molecular weight excluding hydrogens is 388 g/mol. The van der Waals surface area contributed by atoms with Crippen LogP contribution >= 0.6 is 0 Å². The largest absolute Gasteiger partial charge is 0.450 e. The van der Waals surface area contributed by atoms with Crippen LogP contribution in [0, 0.1) is 20.2 Å². The second kappa shape index (κ2) is 9.12. The van der Waals surface area contributed by atoms with Crippen molar-refractivity contribution in [3.63, 3.8) is 0 Å². The summed E-state index contributed by atoms with van der Waals surface area (Å²) in [5.41, 5.74) is -0.422. The van der Waals surface area contributed by atoms with Gasteiger partial charge in [0, 0.05) is 37.4 Å². The maximum Gasteiger partial charge on any atom is 0.313 e. The Morgan fingerprint density at radius 3 is 1.52 bits per heavy atom. The smallest absolute Gasteiger partial charge is 0.313 e. The Hall–Kier alpha value is -4.22. The van der Waals surface area contributed by atoms with E-state index in [4.69, 9.17) is 9.47 Å². The first-order chi connectivity index (χ1) is 13.7. The number of nitrogens with one attached hydrogen (secondary N) is 2. The lowest BCUT2D eigenvalue weighted by molar-refractivity contribution is -0.386. The van der Waals surface area contributed by atoms with Crippen molar-refractivity contribution in [3.8, 4) is 11.5 Å². The monoisotopic (exact) mass is 404 g/mol. The van der Waals surface area contributed by atoms with E-state index < -0.39 is 39.8 Å². The highest BCUT2D eigenvalue weighted by Crippen LogP contribution is 2.32. The molecule has 0 bridgehead atoms. The first-order valence-corrected chi connectivity index (χ1v) is 8.05. The van der Waals surface area contributed by atoms with Gasteiger partial charge in [-0.25, -0.2) is 0 Å². The first kappa shape index (κ1) is 21.1. The van der Waals surface area contributed by atoms with Crippen LogP contribution in [-0.2, 0) is 9.59 Å². The predicted molar refractivity (Wildman–Crippen MR) is 101 cm³/mol. The first-order valence-electron chi connectivity index (χ1n) is 8.05. The van der Waals surface area contributed by atoms with Crippen LogP contribution < -0.4 is 20.1 Å². The number of nitro groups is 2. The molecule has 2 N–H and O–H groups in total. The second-order valence-corrected chi connectivity index (χ2v) is 5.65. The molecule has 2 rings (SSSR count). The Kier molecular flexibility index (Phi) is 6.63. The highest BCUT2D eigenvalue weighted by molar-refractivity contribution is 5.89. The average Bonchev–Trinajstić information content (AvgIpc) is 2.62. The van der Waals surface area contributed by atoms with Gasteiger partial charge in [-0.15, -0.1) is 0 Å². The topological polar surface area (TPSA) is 163 Å². The maximum atomic E-state index is 11.2. The summed E-state index contributed by atoms with van der Waals surface area (Å²) in [6, 6.07) is 7.55. The van der Waals surface area contributed by atoms with E-state index in [2.05, 4.69) is 10.6 Å². The number of rotatable bonds is 8. The quantitative estimate of drug-likeness (QED) is 0.385. The van der Waals surface area contributed by atoms with Gasteiger partial charge in [-0.2, -0.15) is 0 Å². The van der Waals surface area contributed by atoms with Crippen LogP contribution in [-0.4, -0.2) is 28.5 Å². The Morgan fingerprint density at radius 1 is 0.828 bits per heavy atom. The highest BCUT2D eigenvalue weighted by Gasteiger charge is 2.19. The van der Waals surface area contributed by atoms with Crippen molar-refractivity contribution >= 4 is 34.6 Å². The maximum absolute atomic E-state index is 11.2. The molecular formula is C17H16N4O8. The van der Waals surface area contributed by atoms with Crippen LogP contribution in [0.15, 0.2) is 36.4 Å². The summed E-state index contributed by atoms with van der Waals surface area (Å²) in [4.78, 5) is 43.1. The van der Waals surface area contributed by atoms with Crippen molar-refractivity contribution in [2.24, 2.45) is 0 Å². The lowest BCUT2D eigenvalue weighted by atomic mass is 10.2. The Morgan fingerprint density at radius 2 is 1.21 bits per heavy atom. The number of hydrogen-bond donors (Lipinski definition) is 2. The summed E-state index contributed by atoms with van der Waals surface area (Å²) in [7, 11) is 0. The zero-order valence-electron chi connectivity index (χ0n) is 15.3. The molecule has 29 heavy (non-hydrogen) atoms. The molecule has 0 spiro atoms. The van der Waals surface area contributed by atoms with Crippen LogP contribution in [0.4, 0.5) is 22.7 Å². The fourth-order valence-corrected chi connectivity index (χ4v) is 2.28. The summed E-state index contributed by atoms with van der Waals surface area (Å²) >= 11 is 0. The zero-order valence-corrected chi connectivity index (χ0v) is 15.3. The lowest BCUT2D eigenvalue weighted by Crippen LogP contribution is -2.10. The van der Waals surface area contributed by atoms with E-state index in [-0.39, 0.29) is 22.9 Å². The van der Waals surface area contributed by atoms with Gasteiger partial charge in [0.25, 0.3) is 0 Å². The van der Waals surface area contributed by atoms with Crippen LogP contribution in [0.25, 0.3) is 0 Å². The number of anilines is 2. The minimum atomic E-state index is -0.703. The number of nitrogens with zero attached hydrogens (tertiary/aromatic N) is 2. The van der Waals surface area contributed by atoms with Gasteiger partial charge in [-0.3, -0.25) is 29.8 Å². The van der Waals surface area contributed by atoms with E-state index in [9.17, 15) is 29.8 Å². The minimum absolute atomic E-state index is 0.151. The van der Waals surface area contributed by atoms with E-state index in [1.807, 2.05) is 0 Å². The standard InChI is InChI=1S/C17H16N4O8/c1-10(22)18-12-3-5-16(14(7-12)20(24)25)28-9-29-17-6-4-13(19-11(2)23)8-15(17)21(26)27/h3-8H,9H2,1-2H3,(H,18,22)(H,19,23). The minimum Gasteiger partial charge on any atom is -0.450 e. The fraction of sp³-hybridized carbons (Fsp3) is 0.176. The Labute approximate surface area is 163 Å². The number of ether oxygens (including phenoxy) is 2. The number of benzene rings is 2. The summed E-state index contributed by atoms with van der Waals surface area (Å²) in [6.45, 7) is 1.96. The lowest BCUT2D eigenvalue weighted by Gasteiger charge is -2.11. The third kappa shape index (κ3) is 5.89. The van der Waals surface area contributed by atoms with Gasteiger partial charge in [0.2, 0.25) is 30.1 Å². The van der Waals surface area contributed by atoms with E-state index >= 15 is 0 Å². The molecule has 0 aliphatic carbocycles. The van der Waals surface area contributed by atoms with E-state index in [1.165, 1.54) is 38.1 Å². The normalized spacial score (nSPS) is 10.0. The number of nitro benzene ring substituents is 2. The van der Waals surface area contributed by atoms with Crippen molar-refractivity contribution < 1.29 is 28.9 Å². The van der Waals surface area contributed by atoms with E-state index in [1.54, 1.807) is 0 Å². The Bertz CT molecular complexity index is 898. The zero-order chi connectivity index (χ0) is 21.6. The molecule has 0 radical (unpaired) electrons. The van der Waals surface area contributed by atoms with Crippen molar-refractivity contribution in [1.29, 1.82) is 0 Å². The molecule has 0 aromatic heterocycles. The average molecular weight is 404 g/mol. The van der Waals surface area contributed by atoms with E-state index in [0.29, 0.717) is 0 Å². The van der Waals surface area contributed by atoms with Crippen molar-refractivity contribution in [2.75, 3.05) is 17.4 Å². The predicted octanol–water partition coefficient (Wildman–Crippen LogP) is 2.84. The molecule has 12 heteroatoms. The molecule has 0 saturated heterocycles. The molecule has 12 nitrogen and oxygen atoms in total. The van der Waals surface area contributed by atoms with Crippen LogP contribution in [0.3, 0.4) is 0 Å². The molecule has 2 aromatic carbocycles. The second-order valence-electron chi connectivity index (χ2n) is 5.65. The fourth-order valence-electron chi connectivity index (χ4n) is 2.28. The molecule has 0 aliphatic rings. The number of carbonyl (C=O) groups is 2. The number of amides is 2. The summed E-state index contributed by atoms with van der Waals surface area (Å²) in [5, 5.41) is 27.2. The Balaban J connectivity index is 2.15. The van der Waals surface area contributed by atoms with Gasteiger partial charge in [-0.1, -0.05) is 0 Å². The van der Waals surface area contributed by atoms with Crippen LogP contribution in [0.5, 0.6) is 11.5 Å². The number of hydrogen-bond acceptors (Lipinski definition) is 8. The molecule has 2 aromatic rings. The van der Waals surface area contributed by atoms with Crippen LogP contribution in [0.2, 0.25) is 0 Å². The molecule has 152 valence electrons. The van der Waals surface area contributed by atoms with Gasteiger partial charge in [0.1, 0.15) is 0 Å². The van der Waals surface area contributed by atoms with Gasteiger partial charge in [-0.05, 0) is 24.3 Å².